The molecular formula is C17H16NO3S2-. The maximum Gasteiger partial charge on any atom is 0.266 e. The van der Waals surface area contributed by atoms with Crippen LogP contribution in [0, 0.1) is 5.92 Å². The second kappa shape index (κ2) is 7.57. The molecule has 120 valence electrons. The number of benzene rings is 1. The second-order valence-corrected chi connectivity index (χ2v) is 7.03. The van der Waals surface area contributed by atoms with Crippen molar-refractivity contribution in [2.45, 2.75) is 19.9 Å². The van der Waals surface area contributed by atoms with Crippen molar-refractivity contribution < 1.29 is 14.7 Å². The molecule has 1 atom stereocenters. The van der Waals surface area contributed by atoms with Gasteiger partial charge in [-0.25, -0.2) is 0 Å². The summed E-state index contributed by atoms with van der Waals surface area (Å²) in [5.74, 6) is -1.97. The fourth-order valence-corrected chi connectivity index (χ4v) is 3.50. The van der Waals surface area contributed by atoms with E-state index in [-0.39, 0.29) is 16.1 Å². The number of nitrogens with zero attached hydrogens (tertiary/aromatic N) is 1. The molecule has 0 aromatic heterocycles. The van der Waals surface area contributed by atoms with E-state index in [0.29, 0.717) is 4.91 Å². The van der Waals surface area contributed by atoms with Crippen molar-refractivity contribution in [3.8, 4) is 0 Å². The van der Waals surface area contributed by atoms with E-state index in [2.05, 4.69) is 0 Å². The van der Waals surface area contributed by atoms with E-state index < -0.39 is 12.0 Å². The van der Waals surface area contributed by atoms with Crippen LogP contribution in [0.1, 0.15) is 19.4 Å². The van der Waals surface area contributed by atoms with Crippen molar-refractivity contribution in [1.29, 1.82) is 0 Å². The van der Waals surface area contributed by atoms with Crippen molar-refractivity contribution in [3.63, 3.8) is 0 Å². The summed E-state index contributed by atoms with van der Waals surface area (Å²) < 4.78 is 0.247. The van der Waals surface area contributed by atoms with Crippen LogP contribution in [0.2, 0.25) is 0 Å². The average molecular weight is 346 g/mol. The average Bonchev–Trinajstić information content (AvgIpc) is 2.76. The van der Waals surface area contributed by atoms with Gasteiger partial charge in [0, 0.05) is 0 Å². The third-order valence-corrected chi connectivity index (χ3v) is 4.66. The number of thioether (sulfide) groups is 1. The normalized spacial score (nSPS) is 18.4. The third kappa shape index (κ3) is 4.09. The summed E-state index contributed by atoms with van der Waals surface area (Å²) in [6, 6.07) is 8.61. The number of hydrogen-bond donors (Lipinski definition) is 0. The van der Waals surface area contributed by atoms with Gasteiger partial charge in [0.1, 0.15) is 4.32 Å². The second-order valence-electron chi connectivity index (χ2n) is 5.35. The molecule has 0 N–H and O–H groups in total. The molecule has 0 bridgehead atoms. The zero-order valence-corrected chi connectivity index (χ0v) is 14.4. The first kappa shape index (κ1) is 17.4. The Labute approximate surface area is 144 Å². The first-order chi connectivity index (χ1) is 10.9. The Morgan fingerprint density at radius 3 is 2.52 bits per heavy atom. The zero-order valence-electron chi connectivity index (χ0n) is 12.8. The molecule has 1 heterocycles. The van der Waals surface area contributed by atoms with Gasteiger partial charge in [-0.3, -0.25) is 9.69 Å². The van der Waals surface area contributed by atoms with Crippen LogP contribution < -0.4 is 5.11 Å². The van der Waals surface area contributed by atoms with Crippen molar-refractivity contribution in [3.05, 3.63) is 53.0 Å². The number of carboxylic acids is 1. The van der Waals surface area contributed by atoms with Crippen molar-refractivity contribution >= 4 is 46.3 Å². The van der Waals surface area contributed by atoms with Crippen LogP contribution in [-0.4, -0.2) is 27.1 Å². The van der Waals surface area contributed by atoms with Gasteiger partial charge in [0.05, 0.1) is 16.9 Å². The highest BCUT2D eigenvalue weighted by atomic mass is 32.2. The van der Waals surface area contributed by atoms with E-state index in [1.807, 2.05) is 36.4 Å². The number of hydrogen-bond acceptors (Lipinski definition) is 5. The highest BCUT2D eigenvalue weighted by molar-refractivity contribution is 8.26. The summed E-state index contributed by atoms with van der Waals surface area (Å²) >= 11 is 6.27. The van der Waals surface area contributed by atoms with Crippen LogP contribution in [0.4, 0.5) is 0 Å². The lowest BCUT2D eigenvalue weighted by molar-refractivity contribution is -0.311. The number of carbonyl (C=O) groups is 2. The van der Waals surface area contributed by atoms with E-state index in [4.69, 9.17) is 12.2 Å². The van der Waals surface area contributed by atoms with E-state index in [0.717, 1.165) is 22.2 Å². The number of amides is 1. The van der Waals surface area contributed by atoms with Crippen molar-refractivity contribution in [2.75, 3.05) is 0 Å². The molecule has 0 aliphatic carbocycles. The molecule has 0 spiro atoms. The summed E-state index contributed by atoms with van der Waals surface area (Å²) in [7, 11) is 0. The van der Waals surface area contributed by atoms with Gasteiger partial charge >= 0.3 is 0 Å². The van der Waals surface area contributed by atoms with Gasteiger partial charge in [-0.15, -0.1) is 0 Å². The molecular weight excluding hydrogens is 330 g/mol. The molecule has 1 aliphatic heterocycles. The number of carbonyl (C=O) groups excluding carboxylic acids is 2. The van der Waals surface area contributed by atoms with E-state index in [1.165, 1.54) is 0 Å². The van der Waals surface area contributed by atoms with E-state index in [1.54, 1.807) is 26.0 Å². The first-order valence-electron chi connectivity index (χ1n) is 7.11. The van der Waals surface area contributed by atoms with Crippen molar-refractivity contribution in [2.24, 2.45) is 5.92 Å². The molecule has 2 rings (SSSR count). The quantitative estimate of drug-likeness (QED) is 0.604. The maximum absolute atomic E-state index is 12.4. The van der Waals surface area contributed by atoms with Gasteiger partial charge in [0.15, 0.2) is 0 Å². The molecule has 4 nitrogen and oxygen atoms in total. The van der Waals surface area contributed by atoms with Crippen LogP contribution >= 0.6 is 24.0 Å². The number of rotatable bonds is 5. The number of aliphatic carboxylic acids is 1. The zero-order chi connectivity index (χ0) is 17.0. The van der Waals surface area contributed by atoms with Gasteiger partial charge in [-0.1, -0.05) is 80.3 Å². The van der Waals surface area contributed by atoms with Crippen LogP contribution in [0.25, 0.3) is 6.08 Å². The minimum absolute atomic E-state index is 0.247. The summed E-state index contributed by atoms with van der Waals surface area (Å²) in [4.78, 5) is 25.3. The smallest absolute Gasteiger partial charge is 0.266 e. The Morgan fingerprint density at radius 1 is 1.30 bits per heavy atom. The van der Waals surface area contributed by atoms with Gasteiger partial charge in [0.25, 0.3) is 5.91 Å². The molecule has 23 heavy (non-hydrogen) atoms. The fourth-order valence-electron chi connectivity index (χ4n) is 2.22. The minimum atomic E-state index is -1.29. The predicted molar refractivity (Wildman–Crippen MR) is 94.2 cm³/mol. The molecule has 1 aliphatic rings. The standard InChI is InChI=1S/C17H17NO3S2/c1-11(2)14(16(20)21)18-15(19)13(23-17(18)22)10-6-9-12-7-4-3-5-8-12/h3-11,14H,1-2H3,(H,20,21)/p-1/b9-6+,13-10-/t14-/m0/s1. The number of thiocarbonyl (C=S) groups is 1. The summed E-state index contributed by atoms with van der Waals surface area (Å²) in [5.41, 5.74) is 1.01. The molecule has 0 unspecified atom stereocenters. The summed E-state index contributed by atoms with van der Waals surface area (Å²) in [5, 5.41) is 11.3. The molecule has 1 aromatic rings. The monoisotopic (exact) mass is 346 g/mol. The Morgan fingerprint density at radius 2 is 1.96 bits per heavy atom. The van der Waals surface area contributed by atoms with E-state index in [9.17, 15) is 14.7 Å². The molecule has 1 fully saturated rings. The molecule has 1 saturated heterocycles. The summed E-state index contributed by atoms with van der Waals surface area (Å²) in [6.45, 7) is 3.44. The molecule has 0 radical (unpaired) electrons. The minimum Gasteiger partial charge on any atom is -0.548 e. The predicted octanol–water partition coefficient (Wildman–Crippen LogP) is 2.22. The van der Waals surface area contributed by atoms with Crippen molar-refractivity contribution in [1.82, 2.24) is 4.90 Å². The number of carboxylic acid groups (broad SMARTS) is 1. The number of allylic oxidation sites excluding steroid dienone is 2. The fraction of sp³-hybridized carbons (Fsp3) is 0.235. The Bertz CT molecular complexity index is 680. The largest absolute Gasteiger partial charge is 0.548 e. The van der Waals surface area contributed by atoms with Gasteiger partial charge in [0.2, 0.25) is 0 Å². The van der Waals surface area contributed by atoms with Crippen LogP contribution in [-0.2, 0) is 9.59 Å². The first-order valence-corrected chi connectivity index (χ1v) is 8.34. The Hall–Kier alpha value is -1.92. The lowest BCUT2D eigenvalue weighted by Crippen LogP contribution is -2.52. The highest BCUT2D eigenvalue weighted by Crippen LogP contribution is 2.34. The van der Waals surface area contributed by atoms with Gasteiger partial charge in [-0.2, -0.15) is 0 Å². The molecule has 1 aromatic carbocycles. The topological polar surface area (TPSA) is 60.4 Å². The molecule has 6 heteroatoms. The Balaban J connectivity index is 2.19. The SMILES string of the molecule is CC(C)[C@@H](C(=O)[O-])N1C(=O)/C(=C/C=C/c2ccccc2)SC1=S. The van der Waals surface area contributed by atoms with Crippen LogP contribution in [0.5, 0.6) is 0 Å². The lowest BCUT2D eigenvalue weighted by atomic mass is 10.0. The van der Waals surface area contributed by atoms with Crippen LogP contribution in [0.15, 0.2) is 47.4 Å². The maximum atomic E-state index is 12.4. The van der Waals surface area contributed by atoms with E-state index >= 15 is 0 Å². The Kier molecular flexibility index (Phi) is 5.74. The lowest BCUT2D eigenvalue weighted by Gasteiger charge is -2.30. The van der Waals surface area contributed by atoms with Gasteiger partial charge in [-0.05, 0) is 17.6 Å². The van der Waals surface area contributed by atoms with Crippen LogP contribution in [0.3, 0.4) is 0 Å². The molecule has 1 amide bonds. The highest BCUT2D eigenvalue weighted by Gasteiger charge is 2.38. The molecule has 0 saturated carbocycles. The van der Waals surface area contributed by atoms with Gasteiger partial charge < -0.3 is 9.90 Å². The summed E-state index contributed by atoms with van der Waals surface area (Å²) in [6.07, 6.45) is 5.27. The third-order valence-electron chi connectivity index (χ3n) is 3.31.